The molecule has 1 aromatic rings. The summed E-state index contributed by atoms with van der Waals surface area (Å²) in [6.07, 6.45) is 3.03. The summed E-state index contributed by atoms with van der Waals surface area (Å²) < 4.78 is 1.48. The van der Waals surface area contributed by atoms with Gasteiger partial charge in [0.1, 0.15) is 0 Å². The van der Waals surface area contributed by atoms with Crippen LogP contribution in [0.4, 0.5) is 0 Å². The zero-order valence-electron chi connectivity index (χ0n) is 8.27. The third kappa shape index (κ3) is 3.22. The van der Waals surface area contributed by atoms with E-state index < -0.39 is 0 Å². The van der Waals surface area contributed by atoms with Crippen molar-refractivity contribution in [2.45, 2.75) is 18.2 Å². The van der Waals surface area contributed by atoms with Crippen LogP contribution in [0.5, 0.6) is 0 Å². The van der Waals surface area contributed by atoms with Gasteiger partial charge in [0.2, 0.25) is 0 Å². The third-order valence-electron chi connectivity index (χ3n) is 2.09. The van der Waals surface area contributed by atoms with Gasteiger partial charge in [-0.05, 0) is 0 Å². The van der Waals surface area contributed by atoms with Crippen LogP contribution in [-0.2, 0) is 0 Å². The number of hydrogen-bond acceptors (Lipinski definition) is 0. The minimum absolute atomic E-state index is 0.527. The molecular weight excluding hydrogens is 302 g/mol. The number of allylic oxidation sites excluding steroid dienone is 1. The van der Waals surface area contributed by atoms with Crippen molar-refractivity contribution in [1.82, 2.24) is 0 Å². The van der Waals surface area contributed by atoms with Crippen molar-refractivity contribution in [3.63, 3.8) is 0 Å². The van der Waals surface area contributed by atoms with Gasteiger partial charge in [-0.3, -0.25) is 0 Å². The van der Waals surface area contributed by atoms with Gasteiger partial charge in [0, 0.05) is 0 Å². The molecule has 74 valence electrons. The van der Waals surface area contributed by atoms with Crippen LogP contribution < -0.4 is 0 Å². The normalized spacial score (nSPS) is 12.1. The average Bonchev–Trinajstić information content (AvgIpc) is 2.26. The summed E-state index contributed by atoms with van der Waals surface area (Å²) in [7, 11) is 0. The van der Waals surface area contributed by atoms with Gasteiger partial charge in [-0.15, -0.1) is 0 Å². The Bertz CT molecular complexity index is 303. The molecule has 0 saturated heterocycles. The Balaban J connectivity index is 2.88. The molecule has 1 atom stereocenters. The molecule has 0 N–H and O–H groups in total. The summed E-state index contributed by atoms with van der Waals surface area (Å²) in [6, 6.07) is 10.6. The average molecular weight is 316 g/mol. The Morgan fingerprint density at radius 3 is 2.64 bits per heavy atom. The summed E-state index contributed by atoms with van der Waals surface area (Å²) >= 11 is 3.78. The van der Waals surface area contributed by atoms with Gasteiger partial charge in [-0.1, -0.05) is 0 Å². The van der Waals surface area contributed by atoms with E-state index in [1.54, 1.807) is 0 Å². The van der Waals surface area contributed by atoms with Gasteiger partial charge in [-0.25, -0.2) is 0 Å². The summed E-state index contributed by atoms with van der Waals surface area (Å²) in [6.45, 7) is 3.82. The molecule has 0 aliphatic rings. The first-order valence-electron chi connectivity index (χ1n) is 4.53. The number of rotatable bonds is 5. The van der Waals surface area contributed by atoms with E-state index in [2.05, 4.69) is 58.3 Å². The zero-order chi connectivity index (χ0) is 10.4. The zero-order valence-corrected chi connectivity index (χ0v) is 11.7. The molecule has 0 aromatic heterocycles. The molecular formula is C12H14Se2. The molecule has 1 aromatic carbocycles. The summed E-state index contributed by atoms with van der Waals surface area (Å²) in [4.78, 5) is 0. The maximum absolute atomic E-state index is 3.82. The molecule has 0 nitrogen and oxygen atoms in total. The molecule has 0 heterocycles. The Morgan fingerprint density at radius 1 is 1.50 bits per heavy atom. The molecule has 0 aliphatic carbocycles. The fraction of sp³-hybridized carbons (Fsp3) is 0.250. The van der Waals surface area contributed by atoms with Crippen molar-refractivity contribution in [2.24, 2.45) is 0 Å². The number of benzene rings is 1. The van der Waals surface area contributed by atoms with Gasteiger partial charge >= 0.3 is 101 Å². The molecule has 0 fully saturated rings. The SMILES string of the molecule is C=CCC(C(=[Se])[Se]C)c1ccccc1. The van der Waals surface area contributed by atoms with Crippen molar-refractivity contribution < 1.29 is 0 Å². The van der Waals surface area contributed by atoms with Gasteiger partial charge in [-0.2, -0.15) is 0 Å². The molecule has 0 amide bonds. The van der Waals surface area contributed by atoms with Gasteiger partial charge in [0.15, 0.2) is 0 Å². The van der Waals surface area contributed by atoms with E-state index in [9.17, 15) is 0 Å². The van der Waals surface area contributed by atoms with Crippen molar-refractivity contribution in [2.75, 3.05) is 0 Å². The minimum atomic E-state index is 0.527. The van der Waals surface area contributed by atoms with E-state index in [0.717, 1.165) is 6.42 Å². The second-order valence-electron chi connectivity index (χ2n) is 3.01. The maximum atomic E-state index is 3.82. The monoisotopic (exact) mass is 318 g/mol. The van der Waals surface area contributed by atoms with E-state index in [4.69, 9.17) is 0 Å². The first-order chi connectivity index (χ1) is 6.79. The van der Waals surface area contributed by atoms with Crippen LogP contribution in [-0.4, -0.2) is 33.8 Å². The Kier molecular flexibility index (Phi) is 5.43. The molecule has 14 heavy (non-hydrogen) atoms. The molecule has 0 spiro atoms. The molecule has 1 unspecified atom stereocenters. The fourth-order valence-corrected chi connectivity index (χ4v) is 2.93. The Morgan fingerprint density at radius 2 is 2.14 bits per heavy atom. The van der Waals surface area contributed by atoms with Crippen LogP contribution in [0.3, 0.4) is 0 Å². The van der Waals surface area contributed by atoms with Crippen LogP contribution in [0, 0.1) is 0 Å². The summed E-state index contributed by atoms with van der Waals surface area (Å²) in [5.41, 5.74) is 1.39. The van der Waals surface area contributed by atoms with Crippen LogP contribution in [0.25, 0.3) is 0 Å². The first-order valence-corrected chi connectivity index (χ1v) is 7.96. The second-order valence-corrected chi connectivity index (χ2v) is 7.02. The summed E-state index contributed by atoms with van der Waals surface area (Å²) in [5.74, 6) is 2.77. The van der Waals surface area contributed by atoms with Crippen LogP contribution in [0.2, 0.25) is 5.82 Å². The van der Waals surface area contributed by atoms with E-state index >= 15 is 0 Å². The van der Waals surface area contributed by atoms with Crippen molar-refractivity contribution in [3.05, 3.63) is 48.6 Å². The van der Waals surface area contributed by atoms with Crippen molar-refractivity contribution in [1.29, 1.82) is 0 Å². The van der Waals surface area contributed by atoms with Crippen LogP contribution >= 0.6 is 0 Å². The molecule has 1 rings (SSSR count). The van der Waals surface area contributed by atoms with Crippen LogP contribution in [0.15, 0.2) is 43.0 Å². The third-order valence-corrected chi connectivity index (χ3v) is 5.95. The van der Waals surface area contributed by atoms with Gasteiger partial charge in [0.05, 0.1) is 0 Å². The topological polar surface area (TPSA) is 0 Å². The van der Waals surface area contributed by atoms with E-state index in [1.165, 1.54) is 8.88 Å². The van der Waals surface area contributed by atoms with Gasteiger partial charge < -0.3 is 0 Å². The van der Waals surface area contributed by atoms with Gasteiger partial charge in [0.25, 0.3) is 0 Å². The van der Waals surface area contributed by atoms with E-state index in [0.29, 0.717) is 20.9 Å². The molecule has 0 radical (unpaired) electrons. The molecule has 2 heteroatoms. The predicted molar refractivity (Wildman–Crippen MR) is 66.4 cm³/mol. The fourth-order valence-electron chi connectivity index (χ4n) is 1.36. The van der Waals surface area contributed by atoms with Crippen molar-refractivity contribution in [3.8, 4) is 0 Å². The Labute approximate surface area is 100 Å². The predicted octanol–water partition coefficient (Wildman–Crippen LogP) is 2.40. The van der Waals surface area contributed by atoms with E-state index in [-0.39, 0.29) is 0 Å². The van der Waals surface area contributed by atoms with E-state index in [1.807, 2.05) is 6.08 Å². The first kappa shape index (κ1) is 11.9. The molecule has 0 bridgehead atoms. The Hall–Kier alpha value is -0.131. The molecule has 0 saturated carbocycles. The quantitative estimate of drug-likeness (QED) is 0.578. The van der Waals surface area contributed by atoms with Crippen molar-refractivity contribution >= 4 is 33.8 Å². The number of hydrogen-bond donors (Lipinski definition) is 0. The van der Waals surface area contributed by atoms with Crippen LogP contribution in [0.1, 0.15) is 17.9 Å². The summed E-state index contributed by atoms with van der Waals surface area (Å²) in [5, 5.41) is 0. The second kappa shape index (κ2) is 6.37. The standard InChI is InChI=1S/C12H14Se2/c1-3-7-11(12(13)14-2)10-8-5-4-6-9-10/h3-6,8-9,11H,1,7H2,2H3. The molecule has 0 aliphatic heterocycles.